The quantitative estimate of drug-likeness (QED) is 0.864. The van der Waals surface area contributed by atoms with Crippen molar-refractivity contribution in [2.75, 3.05) is 25.0 Å². The molecule has 0 unspecified atom stereocenters. The smallest absolute Gasteiger partial charge is 0.125 e. The zero-order valence-corrected chi connectivity index (χ0v) is 10.7. The third-order valence-corrected chi connectivity index (χ3v) is 3.61. The van der Waals surface area contributed by atoms with Gasteiger partial charge in [0, 0.05) is 24.3 Å². The van der Waals surface area contributed by atoms with Crippen molar-refractivity contribution in [1.29, 1.82) is 0 Å². The van der Waals surface area contributed by atoms with Gasteiger partial charge in [-0.25, -0.2) is 4.39 Å². The molecule has 3 heteroatoms. The molecular weight excluding hydrogens is 215 g/mol. The van der Waals surface area contributed by atoms with Gasteiger partial charge in [0.15, 0.2) is 0 Å². The second-order valence-electron chi connectivity index (χ2n) is 5.34. The predicted octanol–water partition coefficient (Wildman–Crippen LogP) is 3.11. The lowest BCUT2D eigenvalue weighted by molar-refractivity contribution is 0.182. The molecule has 0 aromatic heterocycles. The molecule has 1 aromatic carbocycles. The number of likely N-dealkylation sites (tertiary alicyclic amines) is 1. The summed E-state index contributed by atoms with van der Waals surface area (Å²) in [5.41, 5.74) is 1.19. The molecule has 2 rings (SSSR count). The van der Waals surface area contributed by atoms with Crippen molar-refractivity contribution in [3.05, 3.63) is 30.1 Å². The average molecular weight is 236 g/mol. The zero-order valence-electron chi connectivity index (χ0n) is 10.7. The first-order valence-corrected chi connectivity index (χ1v) is 6.32. The predicted molar refractivity (Wildman–Crippen MR) is 69.8 cm³/mol. The highest BCUT2D eigenvalue weighted by molar-refractivity contribution is 5.42. The van der Waals surface area contributed by atoms with Gasteiger partial charge in [-0.2, -0.15) is 0 Å². The minimum absolute atomic E-state index is 0.184. The summed E-state index contributed by atoms with van der Waals surface area (Å²) in [5.74, 6) is -0.184. The van der Waals surface area contributed by atoms with Crippen LogP contribution in [0.25, 0.3) is 0 Å². The van der Waals surface area contributed by atoms with Crippen molar-refractivity contribution >= 4 is 5.69 Å². The van der Waals surface area contributed by atoms with Crippen LogP contribution < -0.4 is 5.32 Å². The largest absolute Gasteiger partial charge is 0.384 e. The SMILES string of the molecule is CC1(C)CCCN1CCNc1cccc(F)c1. The van der Waals surface area contributed by atoms with E-state index in [0.29, 0.717) is 5.54 Å². The van der Waals surface area contributed by atoms with Gasteiger partial charge < -0.3 is 5.32 Å². The Morgan fingerprint density at radius 1 is 1.41 bits per heavy atom. The molecule has 1 aliphatic heterocycles. The van der Waals surface area contributed by atoms with Crippen LogP contribution in [0, 0.1) is 5.82 Å². The van der Waals surface area contributed by atoms with Crippen LogP contribution in [0.15, 0.2) is 24.3 Å². The lowest BCUT2D eigenvalue weighted by Crippen LogP contribution is -2.40. The molecule has 0 saturated carbocycles. The van der Waals surface area contributed by atoms with Gasteiger partial charge in [-0.15, -0.1) is 0 Å². The van der Waals surface area contributed by atoms with Gasteiger partial charge in [0.05, 0.1) is 0 Å². The van der Waals surface area contributed by atoms with Crippen molar-refractivity contribution in [1.82, 2.24) is 4.90 Å². The Morgan fingerprint density at radius 2 is 2.24 bits per heavy atom. The van der Waals surface area contributed by atoms with E-state index in [-0.39, 0.29) is 5.82 Å². The maximum absolute atomic E-state index is 13.0. The zero-order chi connectivity index (χ0) is 12.3. The van der Waals surface area contributed by atoms with Gasteiger partial charge in [-0.3, -0.25) is 4.90 Å². The molecule has 1 heterocycles. The van der Waals surface area contributed by atoms with Crippen molar-refractivity contribution in [2.45, 2.75) is 32.2 Å². The highest BCUT2D eigenvalue weighted by Crippen LogP contribution is 2.27. The fraction of sp³-hybridized carbons (Fsp3) is 0.571. The Morgan fingerprint density at radius 3 is 2.88 bits per heavy atom. The van der Waals surface area contributed by atoms with Crippen LogP contribution in [0.4, 0.5) is 10.1 Å². The number of nitrogens with one attached hydrogen (secondary N) is 1. The van der Waals surface area contributed by atoms with Gasteiger partial charge in [0.25, 0.3) is 0 Å². The maximum Gasteiger partial charge on any atom is 0.125 e. The van der Waals surface area contributed by atoms with E-state index in [1.807, 2.05) is 6.07 Å². The first-order chi connectivity index (χ1) is 8.08. The van der Waals surface area contributed by atoms with Crippen LogP contribution in [-0.2, 0) is 0 Å². The molecule has 1 aliphatic rings. The molecule has 1 fully saturated rings. The van der Waals surface area contributed by atoms with Crippen molar-refractivity contribution < 1.29 is 4.39 Å². The second kappa shape index (κ2) is 5.05. The van der Waals surface area contributed by atoms with E-state index in [2.05, 4.69) is 24.1 Å². The summed E-state index contributed by atoms with van der Waals surface area (Å²) in [6, 6.07) is 6.64. The summed E-state index contributed by atoms with van der Waals surface area (Å²) in [4.78, 5) is 2.50. The van der Waals surface area contributed by atoms with Gasteiger partial charge >= 0.3 is 0 Å². The molecule has 1 N–H and O–H groups in total. The van der Waals surface area contributed by atoms with Crippen molar-refractivity contribution in [3.8, 4) is 0 Å². The molecule has 0 atom stereocenters. The Labute approximate surface area is 103 Å². The molecular formula is C14H21FN2. The molecule has 1 saturated heterocycles. The molecule has 17 heavy (non-hydrogen) atoms. The topological polar surface area (TPSA) is 15.3 Å². The highest BCUT2D eigenvalue weighted by Gasteiger charge is 2.30. The number of nitrogens with zero attached hydrogens (tertiary/aromatic N) is 1. The summed E-state index contributed by atoms with van der Waals surface area (Å²) in [6.07, 6.45) is 2.56. The molecule has 0 radical (unpaired) electrons. The van der Waals surface area contributed by atoms with Crippen LogP contribution in [0.5, 0.6) is 0 Å². The van der Waals surface area contributed by atoms with Crippen LogP contribution in [0.1, 0.15) is 26.7 Å². The van der Waals surface area contributed by atoms with Crippen LogP contribution in [0.2, 0.25) is 0 Å². The molecule has 0 spiro atoms. The fourth-order valence-corrected chi connectivity index (χ4v) is 2.51. The number of benzene rings is 1. The Bertz CT molecular complexity index is 376. The number of hydrogen-bond donors (Lipinski definition) is 1. The first kappa shape index (κ1) is 12.4. The fourth-order valence-electron chi connectivity index (χ4n) is 2.51. The Kier molecular flexibility index (Phi) is 3.67. The summed E-state index contributed by atoms with van der Waals surface area (Å²) < 4.78 is 13.0. The minimum Gasteiger partial charge on any atom is -0.384 e. The molecule has 0 amide bonds. The normalized spacial score (nSPS) is 19.5. The van der Waals surface area contributed by atoms with E-state index < -0.39 is 0 Å². The summed E-state index contributed by atoms with van der Waals surface area (Å²) in [7, 11) is 0. The van der Waals surface area contributed by atoms with Crippen LogP contribution >= 0.6 is 0 Å². The third kappa shape index (κ3) is 3.19. The number of rotatable bonds is 4. The van der Waals surface area contributed by atoms with E-state index in [1.54, 1.807) is 6.07 Å². The highest BCUT2D eigenvalue weighted by atomic mass is 19.1. The molecule has 94 valence electrons. The monoisotopic (exact) mass is 236 g/mol. The molecule has 2 nitrogen and oxygen atoms in total. The Hall–Kier alpha value is -1.09. The standard InChI is InChI=1S/C14H21FN2/c1-14(2)7-4-9-17(14)10-8-16-13-6-3-5-12(15)11-13/h3,5-6,11,16H,4,7-10H2,1-2H3. The molecule has 1 aromatic rings. The molecule has 0 aliphatic carbocycles. The average Bonchev–Trinajstić information content (AvgIpc) is 2.58. The van der Waals surface area contributed by atoms with Crippen molar-refractivity contribution in [3.63, 3.8) is 0 Å². The van der Waals surface area contributed by atoms with E-state index in [0.717, 1.165) is 18.8 Å². The van der Waals surface area contributed by atoms with Gasteiger partial charge in [0.2, 0.25) is 0 Å². The number of anilines is 1. The van der Waals surface area contributed by atoms with E-state index >= 15 is 0 Å². The van der Waals surface area contributed by atoms with E-state index in [4.69, 9.17) is 0 Å². The van der Waals surface area contributed by atoms with Crippen molar-refractivity contribution in [2.24, 2.45) is 0 Å². The first-order valence-electron chi connectivity index (χ1n) is 6.32. The second-order valence-corrected chi connectivity index (χ2v) is 5.34. The number of hydrogen-bond acceptors (Lipinski definition) is 2. The lowest BCUT2D eigenvalue weighted by Gasteiger charge is -2.31. The van der Waals surface area contributed by atoms with Gasteiger partial charge in [-0.05, 0) is 51.4 Å². The molecule has 0 bridgehead atoms. The van der Waals surface area contributed by atoms with E-state index in [1.165, 1.54) is 31.5 Å². The maximum atomic E-state index is 13.0. The minimum atomic E-state index is -0.184. The van der Waals surface area contributed by atoms with Gasteiger partial charge in [-0.1, -0.05) is 6.07 Å². The summed E-state index contributed by atoms with van der Waals surface area (Å²) in [5, 5.41) is 3.27. The Balaban J connectivity index is 1.80. The van der Waals surface area contributed by atoms with E-state index in [9.17, 15) is 4.39 Å². The summed E-state index contributed by atoms with van der Waals surface area (Å²) >= 11 is 0. The summed E-state index contributed by atoms with van der Waals surface area (Å²) in [6.45, 7) is 7.65. The van der Waals surface area contributed by atoms with Crippen LogP contribution in [-0.4, -0.2) is 30.1 Å². The third-order valence-electron chi connectivity index (χ3n) is 3.61. The number of halogens is 1. The lowest BCUT2D eigenvalue weighted by atomic mass is 10.0. The van der Waals surface area contributed by atoms with Gasteiger partial charge in [0.1, 0.15) is 5.82 Å². The van der Waals surface area contributed by atoms with Crippen LogP contribution in [0.3, 0.4) is 0 Å².